The molecule has 2 aliphatic heterocycles. The number of aromatic amines is 1. The van der Waals surface area contributed by atoms with Gasteiger partial charge in [-0.2, -0.15) is 5.10 Å². The van der Waals surface area contributed by atoms with E-state index in [2.05, 4.69) is 38.7 Å². The highest BCUT2D eigenvalue weighted by Gasteiger charge is 2.26. The van der Waals surface area contributed by atoms with Crippen LogP contribution in [-0.2, 0) is 11.2 Å². The Kier molecular flexibility index (Phi) is 5.89. The Morgan fingerprint density at radius 1 is 1.29 bits per heavy atom. The molecule has 0 spiro atoms. The molecule has 6 nitrogen and oxygen atoms in total. The monoisotopic (exact) mass is 333 g/mol. The fourth-order valence-corrected chi connectivity index (χ4v) is 3.90. The highest BCUT2D eigenvalue weighted by atomic mass is 16.2. The maximum absolute atomic E-state index is 12.7. The van der Waals surface area contributed by atoms with Gasteiger partial charge in [0.25, 0.3) is 0 Å². The highest BCUT2D eigenvalue weighted by molar-refractivity contribution is 5.78. The molecule has 1 amide bonds. The molecule has 2 aliphatic rings. The summed E-state index contributed by atoms with van der Waals surface area (Å²) in [5.41, 5.74) is 1.18. The summed E-state index contributed by atoms with van der Waals surface area (Å²) in [6.07, 6.45) is 5.12. The predicted octanol–water partition coefficient (Wildman–Crippen LogP) is 1.22. The Hall–Kier alpha value is -1.40. The molecular formula is C18H31N5O. The summed E-state index contributed by atoms with van der Waals surface area (Å²) < 4.78 is 0. The minimum atomic E-state index is 0.308. The summed E-state index contributed by atoms with van der Waals surface area (Å²) in [5.74, 6) is 0.864. The molecule has 0 aliphatic carbocycles. The molecule has 24 heavy (non-hydrogen) atoms. The molecule has 6 heteroatoms. The quantitative estimate of drug-likeness (QED) is 0.880. The van der Waals surface area contributed by atoms with Crippen LogP contribution in [0.25, 0.3) is 0 Å². The largest absolute Gasteiger partial charge is 0.341 e. The van der Waals surface area contributed by atoms with Gasteiger partial charge in [-0.1, -0.05) is 0 Å². The molecule has 134 valence electrons. The van der Waals surface area contributed by atoms with Crippen molar-refractivity contribution in [2.75, 3.05) is 45.8 Å². The molecule has 3 rings (SSSR count). The Labute approximate surface area is 145 Å². The number of carbonyl (C=O) groups is 1. The Balaban J connectivity index is 1.45. The average Bonchev–Trinajstić information content (AvgIpc) is 3.08. The topological polar surface area (TPSA) is 55.5 Å². The summed E-state index contributed by atoms with van der Waals surface area (Å²) >= 11 is 0. The molecule has 0 radical (unpaired) electrons. The molecule has 2 saturated heterocycles. The van der Waals surface area contributed by atoms with Crippen molar-refractivity contribution in [3.8, 4) is 0 Å². The number of nitrogens with one attached hydrogen (secondary N) is 1. The van der Waals surface area contributed by atoms with E-state index in [0.29, 0.717) is 24.4 Å². The van der Waals surface area contributed by atoms with E-state index < -0.39 is 0 Å². The maximum atomic E-state index is 12.7. The zero-order valence-corrected chi connectivity index (χ0v) is 15.1. The molecule has 1 aromatic heterocycles. The molecule has 1 N–H and O–H groups in total. The van der Waals surface area contributed by atoms with Crippen molar-refractivity contribution in [2.24, 2.45) is 5.92 Å². The third-order valence-electron chi connectivity index (χ3n) is 5.43. The molecular weight excluding hydrogens is 302 g/mol. The van der Waals surface area contributed by atoms with Crippen LogP contribution in [-0.4, -0.2) is 82.7 Å². The standard InChI is InChI=1S/C18H31N5O/c1-15(2)22-10-8-21(9-11-22)14-18(24)23-7-3-4-16(13-23)12-17-5-6-19-20-17/h5-6,15-16H,3-4,7-14H2,1-2H3,(H,19,20)/t16-/m1/s1. The molecule has 1 aromatic rings. The van der Waals surface area contributed by atoms with E-state index in [4.69, 9.17) is 0 Å². The zero-order chi connectivity index (χ0) is 16.9. The third kappa shape index (κ3) is 4.57. The number of nitrogens with zero attached hydrogens (tertiary/aromatic N) is 4. The maximum Gasteiger partial charge on any atom is 0.236 e. The molecule has 3 heterocycles. The molecule has 0 bridgehead atoms. The highest BCUT2D eigenvalue weighted by Crippen LogP contribution is 2.20. The minimum Gasteiger partial charge on any atom is -0.341 e. The van der Waals surface area contributed by atoms with Crippen molar-refractivity contribution in [2.45, 2.75) is 39.2 Å². The second kappa shape index (κ2) is 8.12. The summed E-state index contributed by atoms with van der Waals surface area (Å²) in [7, 11) is 0. The van der Waals surface area contributed by atoms with Gasteiger partial charge in [-0.3, -0.25) is 19.7 Å². The van der Waals surface area contributed by atoms with Gasteiger partial charge in [-0.25, -0.2) is 0 Å². The lowest BCUT2D eigenvalue weighted by molar-refractivity contribution is -0.134. The van der Waals surface area contributed by atoms with Crippen LogP contribution < -0.4 is 0 Å². The van der Waals surface area contributed by atoms with Gasteiger partial charge in [0.05, 0.1) is 6.54 Å². The van der Waals surface area contributed by atoms with Gasteiger partial charge in [0.1, 0.15) is 0 Å². The number of H-pyrrole nitrogens is 1. The summed E-state index contributed by atoms with van der Waals surface area (Å²) in [6.45, 7) is 11.1. The molecule has 0 unspecified atom stereocenters. The van der Waals surface area contributed by atoms with Crippen LogP contribution in [0.4, 0.5) is 0 Å². The number of piperidine rings is 1. The lowest BCUT2D eigenvalue weighted by atomic mass is 9.93. The second-order valence-electron chi connectivity index (χ2n) is 7.54. The van der Waals surface area contributed by atoms with Crippen molar-refractivity contribution >= 4 is 5.91 Å². The van der Waals surface area contributed by atoms with E-state index in [0.717, 1.165) is 52.1 Å². The molecule has 2 fully saturated rings. The van der Waals surface area contributed by atoms with Gasteiger partial charge < -0.3 is 4.90 Å². The van der Waals surface area contributed by atoms with E-state index in [1.54, 1.807) is 6.20 Å². The van der Waals surface area contributed by atoms with Crippen molar-refractivity contribution < 1.29 is 4.79 Å². The molecule has 1 atom stereocenters. The zero-order valence-electron chi connectivity index (χ0n) is 15.1. The fraction of sp³-hybridized carbons (Fsp3) is 0.778. The third-order valence-corrected chi connectivity index (χ3v) is 5.43. The fourth-order valence-electron chi connectivity index (χ4n) is 3.90. The van der Waals surface area contributed by atoms with Crippen LogP contribution in [0, 0.1) is 5.92 Å². The van der Waals surface area contributed by atoms with Gasteiger partial charge in [-0.15, -0.1) is 0 Å². The minimum absolute atomic E-state index is 0.308. The van der Waals surface area contributed by atoms with Crippen molar-refractivity contribution in [1.29, 1.82) is 0 Å². The first-order valence-corrected chi connectivity index (χ1v) is 9.34. The van der Waals surface area contributed by atoms with E-state index in [1.165, 1.54) is 12.1 Å². The van der Waals surface area contributed by atoms with Crippen LogP contribution >= 0.6 is 0 Å². The SMILES string of the molecule is CC(C)N1CCN(CC(=O)N2CCC[C@H](Cc3ccn[nH]3)C2)CC1. The summed E-state index contributed by atoms with van der Waals surface area (Å²) in [6, 6.07) is 2.64. The Morgan fingerprint density at radius 2 is 2.08 bits per heavy atom. The lowest BCUT2D eigenvalue weighted by Gasteiger charge is -2.38. The first-order valence-electron chi connectivity index (χ1n) is 9.34. The van der Waals surface area contributed by atoms with Crippen LogP contribution in [0.15, 0.2) is 12.3 Å². The first kappa shape index (κ1) is 17.4. The van der Waals surface area contributed by atoms with Crippen molar-refractivity contribution in [1.82, 2.24) is 24.9 Å². The predicted molar refractivity (Wildman–Crippen MR) is 94.7 cm³/mol. The van der Waals surface area contributed by atoms with Gasteiger partial charge in [0.2, 0.25) is 5.91 Å². The van der Waals surface area contributed by atoms with Gasteiger partial charge >= 0.3 is 0 Å². The van der Waals surface area contributed by atoms with Gasteiger partial charge in [0.15, 0.2) is 0 Å². The summed E-state index contributed by atoms with van der Waals surface area (Å²) in [5, 5.41) is 7.06. The second-order valence-corrected chi connectivity index (χ2v) is 7.54. The number of aromatic nitrogens is 2. The average molecular weight is 333 g/mol. The van der Waals surface area contributed by atoms with Crippen molar-refractivity contribution in [3.63, 3.8) is 0 Å². The van der Waals surface area contributed by atoms with Gasteiger partial charge in [-0.05, 0) is 45.1 Å². The van der Waals surface area contributed by atoms with E-state index >= 15 is 0 Å². The number of hydrogen-bond donors (Lipinski definition) is 1. The van der Waals surface area contributed by atoms with Crippen LogP contribution in [0.5, 0.6) is 0 Å². The van der Waals surface area contributed by atoms with E-state index in [-0.39, 0.29) is 0 Å². The Bertz CT molecular complexity index is 507. The number of likely N-dealkylation sites (tertiary alicyclic amines) is 1. The molecule has 0 aromatic carbocycles. The van der Waals surface area contributed by atoms with Crippen molar-refractivity contribution in [3.05, 3.63) is 18.0 Å². The first-order chi connectivity index (χ1) is 11.6. The summed E-state index contributed by atoms with van der Waals surface area (Å²) in [4.78, 5) is 19.6. The lowest BCUT2D eigenvalue weighted by Crippen LogP contribution is -2.52. The number of carbonyl (C=O) groups excluding carboxylic acids is 1. The molecule has 0 saturated carbocycles. The smallest absolute Gasteiger partial charge is 0.236 e. The normalized spacial score (nSPS) is 23.8. The Morgan fingerprint density at radius 3 is 2.75 bits per heavy atom. The van der Waals surface area contributed by atoms with Crippen LogP contribution in [0.2, 0.25) is 0 Å². The van der Waals surface area contributed by atoms with Crippen LogP contribution in [0.3, 0.4) is 0 Å². The number of amides is 1. The van der Waals surface area contributed by atoms with Crippen LogP contribution in [0.1, 0.15) is 32.4 Å². The van der Waals surface area contributed by atoms with Gasteiger partial charge in [0, 0.05) is 57.2 Å². The van der Waals surface area contributed by atoms with E-state index in [9.17, 15) is 4.79 Å². The number of hydrogen-bond acceptors (Lipinski definition) is 4. The van der Waals surface area contributed by atoms with E-state index in [1.807, 2.05) is 6.07 Å². The number of rotatable bonds is 5. The number of piperazine rings is 1.